The summed E-state index contributed by atoms with van der Waals surface area (Å²) in [4.78, 5) is 0. The van der Waals surface area contributed by atoms with E-state index in [4.69, 9.17) is 4.42 Å². The van der Waals surface area contributed by atoms with Gasteiger partial charge < -0.3 is 9.73 Å². The lowest BCUT2D eigenvalue weighted by Crippen LogP contribution is -2.21. The van der Waals surface area contributed by atoms with Crippen molar-refractivity contribution in [1.29, 1.82) is 0 Å². The third-order valence-electron chi connectivity index (χ3n) is 3.00. The average Bonchev–Trinajstić information content (AvgIpc) is 2.69. The number of hydrogen-bond donors (Lipinski definition) is 1. The smallest absolute Gasteiger partial charge is 0.137 e. The van der Waals surface area contributed by atoms with Gasteiger partial charge in [0.2, 0.25) is 0 Å². The van der Waals surface area contributed by atoms with Crippen molar-refractivity contribution in [2.75, 3.05) is 13.1 Å². The molecule has 0 aliphatic carbocycles. The number of hydrogen-bond acceptors (Lipinski definition) is 2. The van der Waals surface area contributed by atoms with Gasteiger partial charge in [0.05, 0.1) is 6.26 Å². The second-order valence-electron chi connectivity index (χ2n) is 5.06. The predicted molar refractivity (Wildman–Crippen MR) is 72.4 cm³/mol. The molecule has 1 aromatic heterocycles. The van der Waals surface area contributed by atoms with Crippen LogP contribution >= 0.6 is 0 Å². The van der Waals surface area contributed by atoms with Crippen LogP contribution in [0, 0.1) is 12.8 Å². The van der Waals surface area contributed by atoms with Gasteiger partial charge >= 0.3 is 0 Å². The zero-order valence-corrected chi connectivity index (χ0v) is 10.9. The monoisotopic (exact) mass is 231 g/mol. The summed E-state index contributed by atoms with van der Waals surface area (Å²) < 4.78 is 5.63. The second kappa shape index (κ2) is 5.37. The Hall–Kier alpha value is -1.28. The molecule has 2 rings (SSSR count). The summed E-state index contributed by atoms with van der Waals surface area (Å²) in [5.41, 5.74) is 3.55. The van der Waals surface area contributed by atoms with Gasteiger partial charge in [0.25, 0.3) is 0 Å². The third kappa shape index (κ3) is 2.89. The van der Waals surface area contributed by atoms with Crippen molar-refractivity contribution in [2.45, 2.75) is 27.2 Å². The first-order valence-electron chi connectivity index (χ1n) is 6.35. The summed E-state index contributed by atoms with van der Waals surface area (Å²) in [7, 11) is 0. The maximum absolute atomic E-state index is 5.63. The molecule has 0 saturated heterocycles. The Balaban J connectivity index is 2.02. The van der Waals surface area contributed by atoms with E-state index in [0.29, 0.717) is 5.92 Å². The Morgan fingerprint density at radius 3 is 2.88 bits per heavy atom. The minimum Gasteiger partial charge on any atom is -0.464 e. The van der Waals surface area contributed by atoms with E-state index >= 15 is 0 Å². The molecule has 2 heteroatoms. The van der Waals surface area contributed by atoms with Gasteiger partial charge in [-0.2, -0.15) is 0 Å². The fourth-order valence-corrected chi connectivity index (χ4v) is 2.06. The minimum absolute atomic E-state index is 0.707. The van der Waals surface area contributed by atoms with Crippen LogP contribution in [0.15, 0.2) is 28.9 Å². The summed E-state index contributed by atoms with van der Waals surface area (Å²) in [5, 5.41) is 4.72. The molecule has 1 heterocycles. The summed E-state index contributed by atoms with van der Waals surface area (Å²) in [5.74, 6) is 0.707. The number of nitrogens with one attached hydrogen (secondary N) is 1. The van der Waals surface area contributed by atoms with Gasteiger partial charge in [-0.1, -0.05) is 32.0 Å². The molecule has 0 bridgehead atoms. The van der Waals surface area contributed by atoms with Gasteiger partial charge in [-0.15, -0.1) is 0 Å². The number of benzene rings is 1. The first kappa shape index (κ1) is 12.2. The molecular weight excluding hydrogens is 210 g/mol. The molecule has 0 fully saturated rings. The molecule has 0 atom stereocenters. The molecule has 2 nitrogen and oxygen atoms in total. The first-order valence-corrected chi connectivity index (χ1v) is 6.35. The SMILES string of the molecule is Cc1cccc2c(CCNCC(C)C)coc12. The lowest BCUT2D eigenvalue weighted by atomic mass is 10.1. The minimum atomic E-state index is 0.707. The van der Waals surface area contributed by atoms with E-state index in [0.717, 1.165) is 25.1 Å². The van der Waals surface area contributed by atoms with E-state index in [1.807, 2.05) is 6.26 Å². The molecule has 0 unspecified atom stereocenters. The number of para-hydroxylation sites is 1. The van der Waals surface area contributed by atoms with Crippen molar-refractivity contribution in [1.82, 2.24) is 5.32 Å². The Kier molecular flexibility index (Phi) is 3.85. The number of furan rings is 1. The van der Waals surface area contributed by atoms with Gasteiger partial charge in [0, 0.05) is 5.39 Å². The molecule has 0 spiro atoms. The third-order valence-corrected chi connectivity index (χ3v) is 3.00. The highest BCUT2D eigenvalue weighted by atomic mass is 16.3. The molecule has 0 radical (unpaired) electrons. The largest absolute Gasteiger partial charge is 0.464 e. The topological polar surface area (TPSA) is 25.2 Å². The highest BCUT2D eigenvalue weighted by Crippen LogP contribution is 2.24. The average molecular weight is 231 g/mol. The van der Waals surface area contributed by atoms with Crippen LogP contribution < -0.4 is 5.32 Å². The fourth-order valence-electron chi connectivity index (χ4n) is 2.06. The molecular formula is C15H21NO. The fraction of sp³-hybridized carbons (Fsp3) is 0.467. The number of fused-ring (bicyclic) bond motifs is 1. The second-order valence-corrected chi connectivity index (χ2v) is 5.06. The van der Waals surface area contributed by atoms with Crippen LogP contribution in [0.2, 0.25) is 0 Å². The van der Waals surface area contributed by atoms with Crippen LogP contribution in [0.1, 0.15) is 25.0 Å². The van der Waals surface area contributed by atoms with E-state index in [-0.39, 0.29) is 0 Å². The van der Waals surface area contributed by atoms with Crippen LogP contribution in [-0.2, 0) is 6.42 Å². The van der Waals surface area contributed by atoms with Gasteiger partial charge in [-0.25, -0.2) is 0 Å². The maximum atomic E-state index is 5.63. The van der Waals surface area contributed by atoms with Gasteiger partial charge in [0.15, 0.2) is 0 Å². The normalized spacial score (nSPS) is 11.5. The summed E-state index contributed by atoms with van der Waals surface area (Å²) in [6, 6.07) is 6.33. The Morgan fingerprint density at radius 1 is 1.29 bits per heavy atom. The lowest BCUT2D eigenvalue weighted by molar-refractivity contribution is 0.552. The predicted octanol–water partition coefficient (Wildman–Crippen LogP) is 3.53. The van der Waals surface area contributed by atoms with Crippen LogP contribution in [-0.4, -0.2) is 13.1 Å². The zero-order chi connectivity index (χ0) is 12.3. The van der Waals surface area contributed by atoms with Gasteiger partial charge in [0.1, 0.15) is 5.58 Å². The lowest BCUT2D eigenvalue weighted by Gasteiger charge is -2.06. The molecule has 1 N–H and O–H groups in total. The van der Waals surface area contributed by atoms with Crippen molar-refractivity contribution >= 4 is 11.0 Å². The van der Waals surface area contributed by atoms with Crippen LogP contribution in [0.4, 0.5) is 0 Å². The molecule has 1 aromatic carbocycles. The van der Waals surface area contributed by atoms with Crippen molar-refractivity contribution in [3.05, 3.63) is 35.6 Å². The summed E-state index contributed by atoms with van der Waals surface area (Å²) in [6.45, 7) is 8.63. The van der Waals surface area contributed by atoms with Crippen LogP contribution in [0.25, 0.3) is 11.0 Å². The Morgan fingerprint density at radius 2 is 2.12 bits per heavy atom. The van der Waals surface area contributed by atoms with E-state index in [1.54, 1.807) is 0 Å². The molecule has 2 aromatic rings. The van der Waals surface area contributed by atoms with Crippen molar-refractivity contribution in [2.24, 2.45) is 5.92 Å². The molecule has 17 heavy (non-hydrogen) atoms. The Labute approximate surface area is 103 Å². The zero-order valence-electron chi connectivity index (χ0n) is 10.9. The quantitative estimate of drug-likeness (QED) is 0.796. The van der Waals surface area contributed by atoms with E-state index in [1.165, 1.54) is 16.5 Å². The highest BCUT2D eigenvalue weighted by Gasteiger charge is 2.06. The first-order chi connectivity index (χ1) is 8.18. The van der Waals surface area contributed by atoms with Crippen molar-refractivity contribution in [3.63, 3.8) is 0 Å². The molecule has 0 amide bonds. The van der Waals surface area contributed by atoms with E-state index < -0.39 is 0 Å². The standard InChI is InChI=1S/C15H21NO/c1-11(2)9-16-8-7-13-10-17-15-12(3)5-4-6-14(13)15/h4-6,10-11,16H,7-9H2,1-3H3. The van der Waals surface area contributed by atoms with E-state index in [9.17, 15) is 0 Å². The molecule has 0 aliphatic rings. The van der Waals surface area contributed by atoms with Crippen molar-refractivity contribution in [3.8, 4) is 0 Å². The summed E-state index contributed by atoms with van der Waals surface area (Å²) >= 11 is 0. The van der Waals surface area contributed by atoms with Crippen molar-refractivity contribution < 1.29 is 4.42 Å². The highest BCUT2D eigenvalue weighted by molar-refractivity contribution is 5.83. The number of rotatable bonds is 5. The summed E-state index contributed by atoms with van der Waals surface area (Å²) in [6.07, 6.45) is 2.93. The van der Waals surface area contributed by atoms with Gasteiger partial charge in [-0.3, -0.25) is 0 Å². The Bertz CT molecular complexity index is 485. The molecule has 0 saturated carbocycles. The maximum Gasteiger partial charge on any atom is 0.137 e. The number of aryl methyl sites for hydroxylation is 1. The van der Waals surface area contributed by atoms with Gasteiger partial charge in [-0.05, 0) is 43.5 Å². The molecule has 92 valence electrons. The van der Waals surface area contributed by atoms with E-state index in [2.05, 4.69) is 44.3 Å². The van der Waals surface area contributed by atoms with Crippen LogP contribution in [0.3, 0.4) is 0 Å². The molecule has 0 aliphatic heterocycles. The van der Waals surface area contributed by atoms with Crippen LogP contribution in [0.5, 0.6) is 0 Å².